The molecule has 0 aliphatic rings. The van der Waals surface area contributed by atoms with Crippen LogP contribution in [0.15, 0.2) is 24.3 Å². The van der Waals surface area contributed by atoms with Crippen molar-refractivity contribution in [1.82, 2.24) is 0 Å². The molecule has 1 atom stereocenters. The van der Waals surface area contributed by atoms with E-state index < -0.39 is 6.04 Å². The van der Waals surface area contributed by atoms with Crippen LogP contribution in [0.5, 0.6) is 0 Å². The Bertz CT molecular complexity index is 337. The van der Waals surface area contributed by atoms with Crippen molar-refractivity contribution in [2.45, 2.75) is 83.6 Å². The topological polar surface area (TPSA) is 60.2 Å². The quantitative estimate of drug-likeness (QED) is 0.136. The van der Waals surface area contributed by atoms with Gasteiger partial charge >= 0.3 is 0 Å². The summed E-state index contributed by atoms with van der Waals surface area (Å²) >= 11 is 0. The van der Waals surface area contributed by atoms with E-state index in [2.05, 4.69) is 19.1 Å². The van der Waals surface area contributed by atoms with E-state index >= 15 is 0 Å². The highest BCUT2D eigenvalue weighted by Crippen LogP contribution is 2.10. The van der Waals surface area contributed by atoms with Crippen molar-refractivity contribution >= 4 is 6.29 Å². The lowest BCUT2D eigenvalue weighted by Crippen LogP contribution is -2.18. The van der Waals surface area contributed by atoms with Gasteiger partial charge in [0.15, 0.2) is 0 Å². The van der Waals surface area contributed by atoms with Crippen LogP contribution in [0.4, 0.5) is 0 Å². The van der Waals surface area contributed by atoms with Crippen molar-refractivity contribution in [3.8, 4) is 0 Å². The third kappa shape index (κ3) is 13.5. The summed E-state index contributed by atoms with van der Waals surface area (Å²) in [5, 5.41) is 11.0. The number of nitrogens with zero attached hydrogens (tertiary/aromatic N) is 1. The van der Waals surface area contributed by atoms with Crippen LogP contribution in [-0.4, -0.2) is 17.3 Å². The summed E-state index contributed by atoms with van der Waals surface area (Å²) in [4.78, 5) is 21.0. The third-order valence-corrected chi connectivity index (χ3v) is 3.63. The Labute approximate surface area is 134 Å². The Morgan fingerprint density at radius 3 is 2.18 bits per heavy atom. The van der Waals surface area contributed by atoms with Gasteiger partial charge in [-0.3, -0.25) is 10.1 Å². The molecule has 0 aromatic carbocycles. The van der Waals surface area contributed by atoms with Crippen LogP contribution >= 0.6 is 0 Å². The van der Waals surface area contributed by atoms with Gasteiger partial charge < -0.3 is 4.79 Å². The fraction of sp³-hybridized carbons (Fsp3) is 0.722. The number of nitro groups is 1. The molecule has 0 heterocycles. The normalized spacial score (nSPS) is 13.0. The van der Waals surface area contributed by atoms with E-state index in [9.17, 15) is 14.9 Å². The van der Waals surface area contributed by atoms with E-state index in [1.165, 1.54) is 12.8 Å². The zero-order chi connectivity index (χ0) is 16.5. The van der Waals surface area contributed by atoms with E-state index in [0.29, 0.717) is 19.3 Å². The van der Waals surface area contributed by atoms with Gasteiger partial charge in [0.05, 0.1) is 0 Å². The molecule has 0 spiro atoms. The van der Waals surface area contributed by atoms with E-state index in [0.717, 1.165) is 44.8 Å². The van der Waals surface area contributed by atoms with Gasteiger partial charge in [0.25, 0.3) is 0 Å². The molecule has 0 amide bonds. The molecular weight excluding hydrogens is 278 g/mol. The second-order valence-corrected chi connectivity index (χ2v) is 5.62. The molecule has 0 aromatic heterocycles. The van der Waals surface area contributed by atoms with Crippen molar-refractivity contribution in [3.05, 3.63) is 34.4 Å². The largest absolute Gasteiger partial charge is 0.303 e. The third-order valence-electron chi connectivity index (χ3n) is 3.63. The lowest BCUT2D eigenvalue weighted by Gasteiger charge is -2.05. The minimum atomic E-state index is -0.457. The number of unbranched alkanes of at least 4 members (excludes halogenated alkanes) is 6. The molecule has 0 aromatic rings. The first-order valence-electron chi connectivity index (χ1n) is 8.59. The molecule has 4 nitrogen and oxygen atoms in total. The molecule has 0 aliphatic heterocycles. The van der Waals surface area contributed by atoms with Gasteiger partial charge in [-0.25, -0.2) is 0 Å². The number of aldehydes is 1. The van der Waals surface area contributed by atoms with Gasteiger partial charge in [-0.1, -0.05) is 50.5 Å². The Morgan fingerprint density at radius 1 is 0.909 bits per heavy atom. The number of carbonyl (C=O) groups is 1. The summed E-state index contributed by atoms with van der Waals surface area (Å²) in [7, 11) is 0. The molecule has 0 aliphatic carbocycles. The number of hydrogen-bond acceptors (Lipinski definition) is 3. The molecule has 0 radical (unpaired) electrons. The van der Waals surface area contributed by atoms with Crippen LogP contribution in [0, 0.1) is 10.1 Å². The minimum Gasteiger partial charge on any atom is -0.303 e. The maximum Gasteiger partial charge on any atom is 0.216 e. The first-order chi connectivity index (χ1) is 10.7. The summed E-state index contributed by atoms with van der Waals surface area (Å²) in [5.41, 5.74) is 0. The Balaban J connectivity index is 3.66. The predicted molar refractivity (Wildman–Crippen MR) is 91.6 cm³/mol. The average Bonchev–Trinajstić information content (AvgIpc) is 2.50. The van der Waals surface area contributed by atoms with Gasteiger partial charge in [0.1, 0.15) is 6.29 Å². The van der Waals surface area contributed by atoms with Crippen LogP contribution in [0.1, 0.15) is 77.6 Å². The Kier molecular flexibility index (Phi) is 14.9. The predicted octanol–water partition coefficient (Wildman–Crippen LogP) is 5.25. The van der Waals surface area contributed by atoms with Crippen LogP contribution in [0.2, 0.25) is 0 Å². The van der Waals surface area contributed by atoms with Gasteiger partial charge in [0.2, 0.25) is 6.04 Å². The number of allylic oxidation sites excluding steroid dienone is 3. The van der Waals surface area contributed by atoms with Crippen molar-refractivity contribution < 1.29 is 9.72 Å². The lowest BCUT2D eigenvalue weighted by atomic mass is 10.1. The summed E-state index contributed by atoms with van der Waals surface area (Å²) in [6.45, 7) is 2.06. The van der Waals surface area contributed by atoms with Crippen LogP contribution < -0.4 is 0 Å². The highest BCUT2D eigenvalue weighted by Gasteiger charge is 2.16. The van der Waals surface area contributed by atoms with Crippen molar-refractivity contribution in [1.29, 1.82) is 0 Å². The molecule has 0 saturated carbocycles. The highest BCUT2D eigenvalue weighted by molar-refractivity contribution is 5.48. The van der Waals surface area contributed by atoms with Gasteiger partial charge in [-0.15, -0.1) is 0 Å². The fourth-order valence-electron chi connectivity index (χ4n) is 2.27. The van der Waals surface area contributed by atoms with Gasteiger partial charge in [0, 0.05) is 24.2 Å². The molecule has 0 N–H and O–H groups in total. The monoisotopic (exact) mass is 309 g/mol. The smallest absolute Gasteiger partial charge is 0.216 e. The van der Waals surface area contributed by atoms with E-state index in [1.54, 1.807) is 0 Å². The molecule has 0 fully saturated rings. The first kappa shape index (κ1) is 20.6. The summed E-state index contributed by atoms with van der Waals surface area (Å²) < 4.78 is 0. The summed E-state index contributed by atoms with van der Waals surface area (Å²) in [6, 6.07) is -0.457. The SMILES string of the molecule is CCC=CCCC(CC=CCCCCCCCC=O)[N+](=O)[O-]. The number of carbonyl (C=O) groups excluding carboxylic acids is 1. The van der Waals surface area contributed by atoms with Crippen molar-refractivity contribution in [3.63, 3.8) is 0 Å². The molecule has 0 bridgehead atoms. The fourth-order valence-corrected chi connectivity index (χ4v) is 2.27. The van der Waals surface area contributed by atoms with E-state index in [1.807, 2.05) is 12.2 Å². The molecule has 0 rings (SSSR count). The zero-order valence-corrected chi connectivity index (χ0v) is 13.9. The van der Waals surface area contributed by atoms with Crippen molar-refractivity contribution in [2.75, 3.05) is 0 Å². The second kappa shape index (κ2) is 15.9. The van der Waals surface area contributed by atoms with Gasteiger partial charge in [-0.05, 0) is 32.1 Å². The Morgan fingerprint density at radius 2 is 1.55 bits per heavy atom. The number of hydrogen-bond donors (Lipinski definition) is 0. The van der Waals surface area contributed by atoms with E-state index in [-0.39, 0.29) is 4.92 Å². The van der Waals surface area contributed by atoms with Crippen LogP contribution in [0.3, 0.4) is 0 Å². The zero-order valence-electron chi connectivity index (χ0n) is 13.9. The molecule has 0 saturated heterocycles. The van der Waals surface area contributed by atoms with Crippen LogP contribution in [-0.2, 0) is 4.79 Å². The van der Waals surface area contributed by atoms with Crippen LogP contribution in [0.25, 0.3) is 0 Å². The standard InChI is InChI=1S/C18H31NO3/c1-2-3-4-12-15-18(19(21)22)16-13-10-8-6-5-7-9-11-14-17-20/h3-4,10,13,17-18H,2,5-9,11-12,14-16H2,1H3. The first-order valence-corrected chi connectivity index (χ1v) is 8.59. The Hall–Kier alpha value is -1.45. The molecule has 4 heteroatoms. The molecule has 126 valence electrons. The summed E-state index contributed by atoms with van der Waals surface area (Å²) in [5.74, 6) is 0. The maximum atomic E-state index is 11.0. The summed E-state index contributed by atoms with van der Waals surface area (Å²) in [6.07, 6.45) is 19.3. The van der Waals surface area contributed by atoms with Gasteiger partial charge in [-0.2, -0.15) is 0 Å². The molecule has 1 unspecified atom stereocenters. The maximum absolute atomic E-state index is 11.0. The molecule has 22 heavy (non-hydrogen) atoms. The van der Waals surface area contributed by atoms with E-state index in [4.69, 9.17) is 0 Å². The average molecular weight is 309 g/mol. The van der Waals surface area contributed by atoms with Crippen molar-refractivity contribution in [2.24, 2.45) is 0 Å². The second-order valence-electron chi connectivity index (χ2n) is 5.62. The molecular formula is C18H31NO3. The lowest BCUT2D eigenvalue weighted by molar-refractivity contribution is -0.522. The minimum absolute atomic E-state index is 0.156. The number of rotatable bonds is 15. The highest BCUT2D eigenvalue weighted by atomic mass is 16.6.